The zero-order valence-electron chi connectivity index (χ0n) is 16.3. The molecule has 0 saturated heterocycles. The normalized spacial score (nSPS) is 20.4. The van der Waals surface area contributed by atoms with Gasteiger partial charge in [-0.15, -0.1) is 0 Å². The van der Waals surface area contributed by atoms with Crippen LogP contribution >= 0.6 is 0 Å². The summed E-state index contributed by atoms with van der Waals surface area (Å²) in [6, 6.07) is 11.9. The molecule has 1 amide bonds. The number of nitrogens with zero attached hydrogens (tertiary/aromatic N) is 2. The van der Waals surface area contributed by atoms with Gasteiger partial charge in [-0.2, -0.15) is 18.4 Å². The fourth-order valence-corrected chi connectivity index (χ4v) is 3.90. The highest BCUT2D eigenvalue weighted by Gasteiger charge is 2.42. The van der Waals surface area contributed by atoms with Gasteiger partial charge in [0.2, 0.25) is 5.91 Å². The van der Waals surface area contributed by atoms with Gasteiger partial charge in [0.1, 0.15) is 11.8 Å². The van der Waals surface area contributed by atoms with Crippen LogP contribution in [0.3, 0.4) is 0 Å². The molecule has 1 aliphatic heterocycles. The minimum atomic E-state index is -4.56. The van der Waals surface area contributed by atoms with Crippen molar-refractivity contribution in [1.29, 1.82) is 5.26 Å². The van der Waals surface area contributed by atoms with Crippen LogP contribution in [0.4, 0.5) is 18.9 Å². The minimum absolute atomic E-state index is 0.0406. The van der Waals surface area contributed by atoms with E-state index in [1.807, 2.05) is 6.07 Å². The van der Waals surface area contributed by atoms with Crippen LogP contribution < -0.4 is 9.64 Å². The van der Waals surface area contributed by atoms with Crippen molar-refractivity contribution in [1.82, 2.24) is 0 Å². The Balaban J connectivity index is 2.21. The van der Waals surface area contributed by atoms with Crippen LogP contribution in [0.25, 0.3) is 0 Å². The summed E-state index contributed by atoms with van der Waals surface area (Å²) < 4.78 is 46.4. The summed E-state index contributed by atoms with van der Waals surface area (Å²) in [6.07, 6.45) is -4.52. The number of methoxy groups -OCH3 is 1. The van der Waals surface area contributed by atoms with Crippen molar-refractivity contribution in [2.24, 2.45) is 5.92 Å². The Morgan fingerprint density at radius 3 is 2.41 bits per heavy atom. The summed E-state index contributed by atoms with van der Waals surface area (Å²) in [6.45, 7) is 3.22. The highest BCUT2D eigenvalue weighted by molar-refractivity contribution is 5.98. The number of rotatable bonds is 3. The molecule has 0 spiro atoms. The Bertz CT molecular complexity index is 948. The van der Waals surface area contributed by atoms with Crippen LogP contribution in [0, 0.1) is 17.2 Å². The fourth-order valence-electron chi connectivity index (χ4n) is 3.90. The number of benzene rings is 2. The number of amides is 1. The van der Waals surface area contributed by atoms with E-state index in [0.717, 1.165) is 11.6 Å². The number of carbonyl (C=O) groups is 1. The number of fused-ring (bicyclic) bond motifs is 1. The van der Waals surface area contributed by atoms with Crippen molar-refractivity contribution < 1.29 is 22.7 Å². The zero-order valence-corrected chi connectivity index (χ0v) is 16.3. The maximum Gasteiger partial charge on any atom is 0.416 e. The molecule has 1 heterocycles. The molecule has 4 nitrogen and oxygen atoms in total. The lowest BCUT2D eigenvalue weighted by Crippen LogP contribution is -2.41. The summed E-state index contributed by atoms with van der Waals surface area (Å²) in [5, 5.41) is 9.40. The molecule has 0 aromatic heterocycles. The molecule has 29 heavy (non-hydrogen) atoms. The van der Waals surface area contributed by atoms with E-state index < -0.39 is 29.6 Å². The smallest absolute Gasteiger partial charge is 0.416 e. The second-order valence-electron chi connectivity index (χ2n) is 7.19. The van der Waals surface area contributed by atoms with Crippen molar-refractivity contribution in [2.75, 3.05) is 12.0 Å². The molecule has 0 fully saturated rings. The second kappa shape index (κ2) is 7.78. The average Bonchev–Trinajstić information content (AvgIpc) is 2.81. The van der Waals surface area contributed by atoms with Gasteiger partial charge in [0.15, 0.2) is 0 Å². The van der Waals surface area contributed by atoms with E-state index in [1.165, 1.54) is 31.1 Å². The lowest BCUT2D eigenvalue weighted by molar-refractivity contribution is -0.138. The van der Waals surface area contributed by atoms with E-state index in [2.05, 4.69) is 0 Å². The highest BCUT2D eigenvalue weighted by atomic mass is 19.4. The predicted octanol–water partition coefficient (Wildman–Crippen LogP) is 4.94. The molecule has 2 aromatic carbocycles. The van der Waals surface area contributed by atoms with Gasteiger partial charge in [-0.3, -0.25) is 9.69 Å². The highest BCUT2D eigenvalue weighted by Crippen LogP contribution is 2.44. The number of hydrogen-bond acceptors (Lipinski definition) is 3. The van der Waals surface area contributed by atoms with Crippen LogP contribution in [-0.4, -0.2) is 19.1 Å². The zero-order chi connectivity index (χ0) is 21.3. The molecule has 3 rings (SSSR count). The van der Waals surface area contributed by atoms with E-state index in [1.54, 1.807) is 31.2 Å². The molecule has 0 N–H and O–H groups in total. The van der Waals surface area contributed by atoms with Gasteiger partial charge in [-0.05, 0) is 54.7 Å². The lowest BCUT2D eigenvalue weighted by Gasteiger charge is -2.28. The summed E-state index contributed by atoms with van der Waals surface area (Å²) >= 11 is 0. The first-order chi connectivity index (χ1) is 13.7. The summed E-state index contributed by atoms with van der Waals surface area (Å²) in [4.78, 5) is 14.5. The van der Waals surface area contributed by atoms with Crippen LogP contribution in [0.2, 0.25) is 0 Å². The number of nitriles is 1. The number of halogens is 3. The van der Waals surface area contributed by atoms with Crippen LogP contribution in [0.15, 0.2) is 42.5 Å². The Labute approximate surface area is 167 Å². The van der Waals surface area contributed by atoms with Crippen LogP contribution in [0.1, 0.15) is 36.5 Å². The molecule has 152 valence electrons. The van der Waals surface area contributed by atoms with Crippen molar-refractivity contribution in [3.05, 3.63) is 59.2 Å². The fraction of sp³-hybridized carbons (Fsp3) is 0.364. The maximum absolute atomic E-state index is 13.8. The first kappa shape index (κ1) is 20.7. The van der Waals surface area contributed by atoms with E-state index in [9.17, 15) is 23.2 Å². The Morgan fingerprint density at radius 1 is 1.21 bits per heavy atom. The van der Waals surface area contributed by atoms with Crippen LogP contribution in [0.5, 0.6) is 5.75 Å². The van der Waals surface area contributed by atoms with Gasteiger partial charge in [-0.1, -0.05) is 25.1 Å². The van der Waals surface area contributed by atoms with Gasteiger partial charge < -0.3 is 4.74 Å². The Morgan fingerprint density at radius 2 is 1.86 bits per heavy atom. The van der Waals surface area contributed by atoms with Gasteiger partial charge in [0.05, 0.1) is 18.7 Å². The maximum atomic E-state index is 13.8. The minimum Gasteiger partial charge on any atom is -0.497 e. The molecule has 0 saturated carbocycles. The number of hydrogen-bond donors (Lipinski definition) is 0. The van der Waals surface area contributed by atoms with Gasteiger partial charge in [0.25, 0.3) is 0 Å². The molecule has 3 atom stereocenters. The summed E-state index contributed by atoms with van der Waals surface area (Å²) in [5.41, 5.74) is 0.175. The van der Waals surface area contributed by atoms with Gasteiger partial charge in [-0.25, -0.2) is 0 Å². The monoisotopic (exact) mass is 402 g/mol. The van der Waals surface area contributed by atoms with Crippen molar-refractivity contribution in [2.45, 2.75) is 38.4 Å². The Kier molecular flexibility index (Phi) is 5.56. The number of alkyl halides is 3. The molecule has 2 aromatic rings. The van der Waals surface area contributed by atoms with E-state index in [0.29, 0.717) is 5.75 Å². The molecule has 1 aliphatic rings. The van der Waals surface area contributed by atoms with E-state index in [4.69, 9.17) is 4.74 Å². The first-order valence-electron chi connectivity index (χ1n) is 9.24. The molecular weight excluding hydrogens is 381 g/mol. The van der Waals surface area contributed by atoms with Crippen molar-refractivity contribution in [3.8, 4) is 11.8 Å². The lowest BCUT2D eigenvalue weighted by atomic mass is 9.82. The quantitative estimate of drug-likeness (QED) is 0.731. The van der Waals surface area contributed by atoms with E-state index >= 15 is 0 Å². The van der Waals surface area contributed by atoms with Crippen molar-refractivity contribution >= 4 is 11.6 Å². The predicted molar refractivity (Wildman–Crippen MR) is 103 cm³/mol. The summed E-state index contributed by atoms with van der Waals surface area (Å²) in [5.74, 6) is -0.811. The third-order valence-electron chi connectivity index (χ3n) is 5.49. The standard InChI is InChI=1S/C22H21F3N2O2/c1-13(12-26)27-20-6-4-5-19(22(23,24)25)18(20)11-17(14(2)21(27)28)15-7-9-16(29-3)10-8-15/h4-10,13-14,17H,11H2,1-3H3/t13?,14-,17-/m1/s1. The molecule has 0 radical (unpaired) electrons. The first-order valence-corrected chi connectivity index (χ1v) is 9.24. The topological polar surface area (TPSA) is 53.3 Å². The number of carbonyl (C=O) groups excluding carboxylic acids is 1. The van der Waals surface area contributed by atoms with E-state index in [-0.39, 0.29) is 23.6 Å². The third kappa shape index (κ3) is 3.80. The average molecular weight is 402 g/mol. The largest absolute Gasteiger partial charge is 0.497 e. The third-order valence-corrected chi connectivity index (χ3v) is 5.49. The van der Waals surface area contributed by atoms with Crippen molar-refractivity contribution in [3.63, 3.8) is 0 Å². The number of ether oxygens (including phenoxy) is 1. The molecule has 0 aliphatic carbocycles. The number of anilines is 1. The molecular formula is C22H21F3N2O2. The Hall–Kier alpha value is -3.01. The molecule has 7 heteroatoms. The SMILES string of the molecule is COc1ccc([C@@H]2Cc3c(cccc3C(F)(F)F)N(C(C)C#N)C(=O)[C@@H]2C)cc1. The second-order valence-corrected chi connectivity index (χ2v) is 7.19. The molecule has 0 bridgehead atoms. The van der Waals surface area contributed by atoms with Gasteiger partial charge >= 0.3 is 6.18 Å². The molecule has 1 unspecified atom stereocenters. The van der Waals surface area contributed by atoms with Gasteiger partial charge in [0, 0.05) is 11.6 Å². The van der Waals surface area contributed by atoms with Crippen LogP contribution in [-0.2, 0) is 17.4 Å². The summed E-state index contributed by atoms with van der Waals surface area (Å²) in [7, 11) is 1.53.